The molecule has 1 atom stereocenters. The predicted molar refractivity (Wildman–Crippen MR) is 78.1 cm³/mol. The average Bonchev–Trinajstić information content (AvgIpc) is 2.46. The molecule has 5 heteroatoms. The van der Waals surface area contributed by atoms with Crippen LogP contribution in [-0.4, -0.2) is 40.1 Å². The number of hydrogen-bond acceptors (Lipinski definition) is 4. The van der Waals surface area contributed by atoms with E-state index in [4.69, 9.17) is 5.73 Å². The molecule has 0 bridgehead atoms. The summed E-state index contributed by atoms with van der Waals surface area (Å²) in [7, 11) is 0. The van der Waals surface area contributed by atoms with Crippen molar-refractivity contribution in [3.8, 4) is 0 Å². The summed E-state index contributed by atoms with van der Waals surface area (Å²) < 4.78 is 0. The zero-order valence-electron chi connectivity index (χ0n) is 12.1. The Morgan fingerprint density at radius 2 is 2.05 bits per heavy atom. The maximum Gasteiger partial charge on any atom is 0.272 e. The molecule has 0 saturated carbocycles. The molecule has 1 amide bonds. The molecule has 110 valence electrons. The minimum Gasteiger partial charge on any atom is -0.393 e. The lowest BCUT2D eigenvalue weighted by atomic mass is 9.85. The Hall–Kier alpha value is -1.62. The molecule has 3 N–H and O–H groups in total. The molecule has 1 aliphatic rings. The van der Waals surface area contributed by atoms with Crippen molar-refractivity contribution in [3.63, 3.8) is 0 Å². The maximum atomic E-state index is 12.3. The second-order valence-electron chi connectivity index (χ2n) is 5.81. The Balaban J connectivity index is 1.95. The van der Waals surface area contributed by atoms with Crippen LogP contribution in [0, 0.1) is 11.8 Å². The van der Waals surface area contributed by atoms with E-state index in [9.17, 15) is 9.90 Å². The largest absolute Gasteiger partial charge is 0.393 e. The van der Waals surface area contributed by atoms with Gasteiger partial charge in [0.1, 0.15) is 11.5 Å². The van der Waals surface area contributed by atoms with E-state index < -0.39 is 0 Å². The first-order valence-electron chi connectivity index (χ1n) is 7.19. The summed E-state index contributed by atoms with van der Waals surface area (Å²) in [4.78, 5) is 18.2. The normalized spacial score (nSPS) is 18.3. The number of likely N-dealkylation sites (tertiary alicyclic amines) is 1. The van der Waals surface area contributed by atoms with Crippen molar-refractivity contribution in [2.24, 2.45) is 11.8 Å². The van der Waals surface area contributed by atoms with E-state index in [0.717, 1.165) is 12.8 Å². The van der Waals surface area contributed by atoms with Crippen molar-refractivity contribution in [3.05, 3.63) is 23.9 Å². The number of carbonyl (C=O) groups is 1. The van der Waals surface area contributed by atoms with Gasteiger partial charge in [0.25, 0.3) is 5.91 Å². The number of amides is 1. The first-order chi connectivity index (χ1) is 9.49. The highest BCUT2D eigenvalue weighted by molar-refractivity contribution is 5.92. The molecule has 20 heavy (non-hydrogen) atoms. The van der Waals surface area contributed by atoms with Gasteiger partial charge in [0.15, 0.2) is 0 Å². The highest BCUT2D eigenvalue weighted by Gasteiger charge is 2.29. The summed E-state index contributed by atoms with van der Waals surface area (Å²) in [6, 6.07) is 5.10. The molecule has 0 radical (unpaired) electrons. The minimum atomic E-state index is -0.280. The fourth-order valence-electron chi connectivity index (χ4n) is 2.72. The summed E-state index contributed by atoms with van der Waals surface area (Å²) in [5.74, 6) is 0.835. The summed E-state index contributed by atoms with van der Waals surface area (Å²) >= 11 is 0. The third kappa shape index (κ3) is 3.28. The van der Waals surface area contributed by atoms with Crippen LogP contribution in [-0.2, 0) is 0 Å². The number of hydrogen-bond donors (Lipinski definition) is 2. The van der Waals surface area contributed by atoms with Crippen LogP contribution in [0.3, 0.4) is 0 Å². The SMILES string of the molecule is CC(C)[C@@H](O)C1CCN(C(=O)c2cccc(N)n2)CC1. The van der Waals surface area contributed by atoms with Crippen LogP contribution in [0.1, 0.15) is 37.2 Å². The molecule has 0 aromatic carbocycles. The summed E-state index contributed by atoms with van der Waals surface area (Å²) in [5.41, 5.74) is 6.00. The van der Waals surface area contributed by atoms with Crippen molar-refractivity contribution in [2.75, 3.05) is 18.8 Å². The fourth-order valence-corrected chi connectivity index (χ4v) is 2.72. The summed E-state index contributed by atoms with van der Waals surface area (Å²) in [5, 5.41) is 10.1. The number of nitrogen functional groups attached to an aromatic ring is 1. The molecule has 0 aliphatic carbocycles. The van der Waals surface area contributed by atoms with Gasteiger partial charge in [0, 0.05) is 13.1 Å². The van der Waals surface area contributed by atoms with E-state index in [1.165, 1.54) is 0 Å². The van der Waals surface area contributed by atoms with Crippen LogP contribution in [0.25, 0.3) is 0 Å². The number of nitrogens with two attached hydrogens (primary N) is 1. The Labute approximate surface area is 119 Å². The first-order valence-corrected chi connectivity index (χ1v) is 7.19. The number of aromatic nitrogens is 1. The molecule has 1 aliphatic heterocycles. The van der Waals surface area contributed by atoms with Crippen molar-refractivity contribution in [1.82, 2.24) is 9.88 Å². The molecule has 5 nitrogen and oxygen atoms in total. The quantitative estimate of drug-likeness (QED) is 0.878. The zero-order valence-corrected chi connectivity index (χ0v) is 12.1. The van der Waals surface area contributed by atoms with Crippen molar-refractivity contribution in [2.45, 2.75) is 32.8 Å². The second-order valence-corrected chi connectivity index (χ2v) is 5.81. The highest BCUT2D eigenvalue weighted by Crippen LogP contribution is 2.25. The molecule has 2 heterocycles. The van der Waals surface area contributed by atoms with E-state index in [1.807, 2.05) is 13.8 Å². The Morgan fingerprint density at radius 1 is 1.40 bits per heavy atom. The van der Waals surface area contributed by atoms with Gasteiger partial charge in [-0.1, -0.05) is 19.9 Å². The van der Waals surface area contributed by atoms with Crippen LogP contribution in [0.4, 0.5) is 5.82 Å². The van der Waals surface area contributed by atoms with Gasteiger partial charge in [-0.25, -0.2) is 4.98 Å². The third-order valence-electron chi connectivity index (χ3n) is 3.98. The lowest BCUT2D eigenvalue weighted by molar-refractivity contribution is 0.0260. The van der Waals surface area contributed by atoms with E-state index in [2.05, 4.69) is 4.98 Å². The smallest absolute Gasteiger partial charge is 0.272 e. The van der Waals surface area contributed by atoms with Crippen molar-refractivity contribution >= 4 is 11.7 Å². The van der Waals surface area contributed by atoms with E-state index >= 15 is 0 Å². The standard InChI is InChI=1S/C15H23N3O2/c1-10(2)14(19)11-6-8-18(9-7-11)15(20)12-4-3-5-13(16)17-12/h3-5,10-11,14,19H,6-9H2,1-2H3,(H2,16,17)/t14-/m1/s1. The monoisotopic (exact) mass is 277 g/mol. The second kappa shape index (κ2) is 6.22. The predicted octanol–water partition coefficient (Wildman–Crippen LogP) is 1.53. The lowest BCUT2D eigenvalue weighted by Gasteiger charge is -2.35. The number of pyridine rings is 1. The number of piperidine rings is 1. The fraction of sp³-hybridized carbons (Fsp3) is 0.600. The minimum absolute atomic E-state index is 0.0743. The van der Waals surface area contributed by atoms with Crippen molar-refractivity contribution in [1.29, 1.82) is 0 Å². The number of rotatable bonds is 3. The van der Waals surface area contributed by atoms with Crippen molar-refractivity contribution < 1.29 is 9.90 Å². The molecule has 0 unspecified atom stereocenters. The van der Waals surface area contributed by atoms with E-state index in [1.54, 1.807) is 23.1 Å². The van der Waals surface area contributed by atoms with Gasteiger partial charge in [-0.3, -0.25) is 4.79 Å². The topological polar surface area (TPSA) is 79.5 Å². The number of anilines is 1. The molecular formula is C15H23N3O2. The van der Waals surface area contributed by atoms with Gasteiger partial charge in [0.05, 0.1) is 6.10 Å². The van der Waals surface area contributed by atoms with Gasteiger partial charge in [0.2, 0.25) is 0 Å². The van der Waals surface area contributed by atoms with E-state index in [-0.39, 0.29) is 23.8 Å². The molecule has 1 aromatic heterocycles. The number of aliphatic hydroxyl groups is 1. The van der Waals surface area contributed by atoms with Gasteiger partial charge >= 0.3 is 0 Å². The molecular weight excluding hydrogens is 254 g/mol. The number of aliphatic hydroxyl groups excluding tert-OH is 1. The van der Waals surface area contributed by atoms with Crippen LogP contribution in [0.5, 0.6) is 0 Å². The van der Waals surface area contributed by atoms with E-state index in [0.29, 0.717) is 24.6 Å². The van der Waals surface area contributed by atoms with Crippen LogP contribution in [0.15, 0.2) is 18.2 Å². The Bertz CT molecular complexity index is 468. The molecule has 1 saturated heterocycles. The molecule has 1 aromatic rings. The number of carbonyl (C=O) groups excluding carboxylic acids is 1. The summed E-state index contributed by atoms with van der Waals surface area (Å²) in [6.07, 6.45) is 1.40. The van der Waals surface area contributed by atoms with Crippen LogP contribution >= 0.6 is 0 Å². The van der Waals surface area contributed by atoms with Gasteiger partial charge in [-0.05, 0) is 36.8 Å². The third-order valence-corrected chi connectivity index (χ3v) is 3.98. The van der Waals surface area contributed by atoms with Gasteiger partial charge in [-0.15, -0.1) is 0 Å². The highest BCUT2D eigenvalue weighted by atomic mass is 16.3. The Kier molecular flexibility index (Phi) is 4.60. The lowest BCUT2D eigenvalue weighted by Crippen LogP contribution is -2.42. The molecule has 0 spiro atoms. The molecule has 2 rings (SSSR count). The molecule has 1 fully saturated rings. The van der Waals surface area contributed by atoms with Gasteiger partial charge < -0.3 is 15.7 Å². The first kappa shape index (κ1) is 14.8. The van der Waals surface area contributed by atoms with Crippen LogP contribution in [0.2, 0.25) is 0 Å². The zero-order chi connectivity index (χ0) is 14.7. The Morgan fingerprint density at radius 3 is 2.60 bits per heavy atom. The number of nitrogens with zero attached hydrogens (tertiary/aromatic N) is 2. The summed E-state index contributed by atoms with van der Waals surface area (Å²) in [6.45, 7) is 5.39. The van der Waals surface area contributed by atoms with Crippen LogP contribution < -0.4 is 5.73 Å². The van der Waals surface area contributed by atoms with Gasteiger partial charge in [-0.2, -0.15) is 0 Å². The maximum absolute atomic E-state index is 12.3. The average molecular weight is 277 g/mol.